The molecule has 2 N–H and O–H groups in total. The molecule has 2 aromatic carbocycles. The third-order valence-corrected chi connectivity index (χ3v) is 10.8. The summed E-state index contributed by atoms with van der Waals surface area (Å²) in [7, 11) is 1.50. The normalized spacial score (nSPS) is 31.7. The van der Waals surface area contributed by atoms with Gasteiger partial charge in [0.2, 0.25) is 11.8 Å². The number of halogens is 1. The van der Waals surface area contributed by atoms with E-state index in [4.69, 9.17) is 25.8 Å². The van der Waals surface area contributed by atoms with E-state index in [0.717, 1.165) is 0 Å². The highest BCUT2D eigenvalue weighted by Crippen LogP contribution is 2.54. The second-order valence-corrected chi connectivity index (χ2v) is 13.8. The summed E-state index contributed by atoms with van der Waals surface area (Å²) in [5.74, 6) is -4.36. The lowest BCUT2D eigenvalue weighted by atomic mass is 9.77. The van der Waals surface area contributed by atoms with Crippen molar-refractivity contribution in [3.05, 3.63) is 89.5 Å². The van der Waals surface area contributed by atoms with Gasteiger partial charge in [-0.15, -0.1) is 0 Å². The average molecular weight is 706 g/mol. The molecule has 3 amide bonds. The number of carbonyl (C=O) groups excluding carboxylic acids is 4. The van der Waals surface area contributed by atoms with Gasteiger partial charge in [0.15, 0.2) is 0 Å². The number of anilines is 1. The summed E-state index contributed by atoms with van der Waals surface area (Å²) >= 11 is 6.60. The Hall–Kier alpha value is -4.03. The number of cyclic esters (lactones) is 1. The fourth-order valence-corrected chi connectivity index (χ4v) is 8.13. The first-order chi connectivity index (χ1) is 24.2. The molecule has 266 valence electrons. The number of methoxy groups -OCH3 is 1. The quantitative estimate of drug-likeness (QED) is 0.311. The maximum absolute atomic E-state index is 15.0. The van der Waals surface area contributed by atoms with Gasteiger partial charge in [-0.3, -0.25) is 19.2 Å². The molecule has 0 radical (unpaired) electrons. The second kappa shape index (κ2) is 15.1. The van der Waals surface area contributed by atoms with Crippen LogP contribution in [0.25, 0.3) is 0 Å². The van der Waals surface area contributed by atoms with Crippen LogP contribution in [-0.2, 0) is 33.4 Å². The summed E-state index contributed by atoms with van der Waals surface area (Å²) in [5.41, 5.74) is -0.474. The standard InChI is InChI=1S/C38H44ClN3O8/c1-4-23(2)28(21-43)42-34-36(46)41(27-16-9-8-15-25(27)39)20-12-19-38(34)32(35(42)45)31-29(50-38)17-10-11-18-30(44)40-26(22-48-3)33(49-37(31)47)24-13-6-5-7-14-24/h5-10,12-17,19,23,26,28-29,31-34,43H,4,11,18,20-22H2,1-3H3,(H,40,44)/b17-10-/t23-,26+,28-,29+,31-,32-,33+,34+,38-/m0/s1. The molecule has 0 saturated carbocycles. The molecule has 1 spiro atoms. The number of para-hydroxylation sites is 1. The number of aliphatic hydroxyl groups excluding tert-OH is 1. The van der Waals surface area contributed by atoms with E-state index in [1.165, 1.54) is 16.9 Å². The number of carbonyl (C=O) groups is 4. The van der Waals surface area contributed by atoms with Crippen LogP contribution in [0.1, 0.15) is 44.8 Å². The van der Waals surface area contributed by atoms with Gasteiger partial charge in [-0.1, -0.05) is 98.6 Å². The summed E-state index contributed by atoms with van der Waals surface area (Å²) in [4.78, 5) is 60.5. The molecule has 4 aliphatic heterocycles. The Kier molecular flexibility index (Phi) is 10.8. The van der Waals surface area contributed by atoms with Gasteiger partial charge >= 0.3 is 5.97 Å². The Bertz CT molecular complexity index is 1650. The summed E-state index contributed by atoms with van der Waals surface area (Å²) in [6, 6.07) is 13.3. The zero-order chi connectivity index (χ0) is 35.6. The minimum atomic E-state index is -1.58. The Morgan fingerprint density at radius 2 is 1.80 bits per heavy atom. The molecule has 4 heterocycles. The van der Waals surface area contributed by atoms with Crippen LogP contribution >= 0.6 is 11.6 Å². The van der Waals surface area contributed by atoms with Crippen LogP contribution in [0.2, 0.25) is 5.02 Å². The first kappa shape index (κ1) is 35.8. The lowest BCUT2D eigenvalue weighted by Crippen LogP contribution is -2.59. The van der Waals surface area contributed by atoms with Crippen LogP contribution in [0, 0.1) is 17.8 Å². The monoisotopic (exact) mass is 705 g/mol. The van der Waals surface area contributed by atoms with Crippen molar-refractivity contribution < 1.29 is 38.5 Å². The van der Waals surface area contributed by atoms with Gasteiger partial charge in [-0.05, 0) is 30.0 Å². The van der Waals surface area contributed by atoms with Crippen molar-refractivity contribution in [2.45, 2.75) is 69.0 Å². The lowest BCUT2D eigenvalue weighted by Gasteiger charge is -2.40. The first-order valence-corrected chi connectivity index (χ1v) is 17.6. The summed E-state index contributed by atoms with van der Waals surface area (Å²) in [5, 5.41) is 14.1. The van der Waals surface area contributed by atoms with Gasteiger partial charge in [-0.2, -0.15) is 0 Å². The number of hydrogen-bond donors (Lipinski definition) is 2. The highest BCUT2D eigenvalue weighted by Gasteiger charge is 2.73. The van der Waals surface area contributed by atoms with E-state index >= 15 is 0 Å². The van der Waals surface area contributed by atoms with Crippen LogP contribution in [0.4, 0.5) is 5.69 Å². The average Bonchev–Trinajstić information content (AvgIpc) is 3.50. The molecule has 6 rings (SSSR count). The van der Waals surface area contributed by atoms with E-state index in [2.05, 4.69) is 5.32 Å². The lowest BCUT2D eigenvalue weighted by molar-refractivity contribution is -0.163. The molecule has 0 aromatic heterocycles. The van der Waals surface area contributed by atoms with Crippen molar-refractivity contribution in [3.8, 4) is 0 Å². The van der Waals surface area contributed by atoms with Crippen LogP contribution in [0.5, 0.6) is 0 Å². The number of fused-ring (bicyclic) bond motifs is 2. The van der Waals surface area contributed by atoms with Crippen molar-refractivity contribution in [1.29, 1.82) is 0 Å². The third kappa shape index (κ3) is 6.36. The van der Waals surface area contributed by atoms with E-state index in [1.54, 1.807) is 60.7 Å². The van der Waals surface area contributed by atoms with E-state index in [9.17, 15) is 24.3 Å². The molecular weight excluding hydrogens is 662 g/mol. The molecule has 2 saturated heterocycles. The smallest absolute Gasteiger partial charge is 0.313 e. The maximum atomic E-state index is 15.0. The van der Waals surface area contributed by atoms with E-state index < -0.39 is 72.2 Å². The minimum absolute atomic E-state index is 0.0589. The predicted molar refractivity (Wildman–Crippen MR) is 186 cm³/mol. The fraction of sp³-hybridized carbons (Fsp3) is 0.474. The third-order valence-electron chi connectivity index (χ3n) is 10.5. The summed E-state index contributed by atoms with van der Waals surface area (Å²) in [6.07, 6.45) is 6.18. The van der Waals surface area contributed by atoms with Gasteiger partial charge in [0.05, 0.1) is 48.0 Å². The summed E-state index contributed by atoms with van der Waals surface area (Å²) in [6.45, 7) is 3.68. The van der Waals surface area contributed by atoms with Crippen molar-refractivity contribution in [2.24, 2.45) is 17.8 Å². The van der Waals surface area contributed by atoms with Crippen LogP contribution < -0.4 is 10.2 Å². The van der Waals surface area contributed by atoms with Crippen molar-refractivity contribution >= 4 is 41.0 Å². The van der Waals surface area contributed by atoms with Crippen molar-refractivity contribution in [2.75, 3.05) is 31.8 Å². The van der Waals surface area contributed by atoms with Gasteiger partial charge in [0, 0.05) is 20.1 Å². The molecule has 0 bridgehead atoms. The maximum Gasteiger partial charge on any atom is 0.313 e. The molecule has 4 aliphatic rings. The van der Waals surface area contributed by atoms with E-state index in [1.807, 2.05) is 32.0 Å². The topological polar surface area (TPSA) is 135 Å². The zero-order valence-electron chi connectivity index (χ0n) is 28.4. The summed E-state index contributed by atoms with van der Waals surface area (Å²) < 4.78 is 18.6. The van der Waals surface area contributed by atoms with Crippen LogP contribution in [0.3, 0.4) is 0 Å². The number of allylic oxidation sites excluding steroid dienone is 1. The molecule has 0 unspecified atom stereocenters. The molecule has 2 fully saturated rings. The number of aliphatic hydroxyl groups is 1. The van der Waals surface area contributed by atoms with Gasteiger partial charge in [-0.25, -0.2) is 0 Å². The number of likely N-dealkylation sites (tertiary alicyclic amines) is 1. The number of nitrogens with one attached hydrogen (secondary N) is 1. The molecule has 50 heavy (non-hydrogen) atoms. The van der Waals surface area contributed by atoms with Crippen LogP contribution in [0.15, 0.2) is 78.9 Å². The van der Waals surface area contributed by atoms with Crippen LogP contribution in [-0.4, -0.2) is 90.4 Å². The first-order valence-electron chi connectivity index (χ1n) is 17.2. The molecule has 9 atom stereocenters. The number of rotatable bonds is 8. The molecule has 12 heteroatoms. The molecular formula is C38H44ClN3O8. The SMILES string of the molecule is CC[C@H](C)[C@H](CO)N1C(=O)[C@@H]2[C@H]3C(=O)O[C@H](c4ccccc4)[C@@H](COC)NC(=O)CC/C=C\[C@H]3O[C@@]23C=CCN(c2ccccc2Cl)C(=O)[C@@H]13. The Morgan fingerprint density at radius 3 is 2.50 bits per heavy atom. The van der Waals surface area contributed by atoms with Gasteiger partial charge < -0.3 is 34.4 Å². The van der Waals surface area contributed by atoms with Gasteiger partial charge in [0.1, 0.15) is 23.7 Å². The van der Waals surface area contributed by atoms with Gasteiger partial charge in [0.25, 0.3) is 5.91 Å². The zero-order valence-corrected chi connectivity index (χ0v) is 29.2. The Balaban J connectivity index is 1.49. The van der Waals surface area contributed by atoms with E-state index in [-0.39, 0.29) is 31.4 Å². The second-order valence-electron chi connectivity index (χ2n) is 13.4. The van der Waals surface area contributed by atoms with Crippen molar-refractivity contribution in [3.63, 3.8) is 0 Å². The number of hydrogen-bond acceptors (Lipinski definition) is 8. The molecule has 11 nitrogen and oxygen atoms in total. The van der Waals surface area contributed by atoms with E-state index in [0.29, 0.717) is 29.1 Å². The largest absolute Gasteiger partial charge is 0.455 e. The number of ether oxygens (including phenoxy) is 3. The highest BCUT2D eigenvalue weighted by atomic mass is 35.5. The Labute approximate surface area is 297 Å². The number of benzene rings is 2. The predicted octanol–water partition coefficient (Wildman–Crippen LogP) is 4.00. The van der Waals surface area contributed by atoms with Crippen molar-refractivity contribution in [1.82, 2.24) is 10.2 Å². The molecule has 2 aromatic rings. The fourth-order valence-electron chi connectivity index (χ4n) is 7.89. The molecule has 0 aliphatic carbocycles. The number of esters is 1. The Morgan fingerprint density at radius 1 is 1.06 bits per heavy atom. The highest BCUT2D eigenvalue weighted by molar-refractivity contribution is 6.34. The number of nitrogens with zero attached hydrogens (tertiary/aromatic N) is 2. The minimum Gasteiger partial charge on any atom is -0.455 e. The number of amides is 3.